The molecule has 0 saturated carbocycles. The third kappa shape index (κ3) is 51.4. The second-order valence-corrected chi connectivity index (χ2v) is 4.17. The highest BCUT2D eigenvalue weighted by molar-refractivity contribution is 5.75. The lowest BCUT2D eigenvalue weighted by Gasteiger charge is -2.01. The van der Waals surface area contributed by atoms with Crippen LogP contribution in [-0.4, -0.2) is 72.0 Å². The zero-order valence-corrected chi connectivity index (χ0v) is 13.3. The van der Waals surface area contributed by atoms with E-state index >= 15 is 0 Å². The first kappa shape index (κ1) is 25.5. The van der Waals surface area contributed by atoms with Crippen LogP contribution in [-0.2, 0) is 19.1 Å². The van der Waals surface area contributed by atoms with E-state index in [1.165, 1.54) is 5.57 Å². The summed E-state index contributed by atoms with van der Waals surface area (Å²) in [7, 11) is 0. The molecule has 0 aliphatic heterocycles. The van der Waals surface area contributed by atoms with Crippen LogP contribution in [0.1, 0.15) is 26.7 Å². The molecule has 0 unspecified atom stereocenters. The first-order chi connectivity index (χ1) is 10.3. The minimum absolute atomic E-state index is 0.0417. The van der Waals surface area contributed by atoms with Crippen LogP contribution < -0.4 is 0 Å². The molecule has 8 nitrogen and oxygen atoms in total. The highest BCUT2D eigenvalue weighted by Gasteiger charge is 2.00. The number of aliphatic hydroxyl groups excluding tert-OH is 2. The lowest BCUT2D eigenvalue weighted by molar-refractivity contribution is -0.143. The summed E-state index contributed by atoms with van der Waals surface area (Å²) in [5.41, 5.74) is 1.17. The van der Waals surface area contributed by atoms with Crippen LogP contribution in [0.3, 0.4) is 0 Å². The highest BCUT2D eigenvalue weighted by Crippen LogP contribution is 1.86. The van der Waals surface area contributed by atoms with Crippen molar-refractivity contribution in [2.45, 2.75) is 26.7 Å². The van der Waals surface area contributed by atoms with E-state index in [0.29, 0.717) is 26.4 Å². The van der Waals surface area contributed by atoms with Gasteiger partial charge in [-0.25, -0.2) is 0 Å². The number of carbonyl (C=O) groups is 2. The highest BCUT2D eigenvalue weighted by atomic mass is 16.5. The zero-order valence-electron chi connectivity index (χ0n) is 13.3. The Morgan fingerprint density at radius 2 is 1.09 bits per heavy atom. The minimum atomic E-state index is -1.08. The number of hydrogen-bond acceptors (Lipinski definition) is 6. The van der Waals surface area contributed by atoms with Gasteiger partial charge in [0.05, 0.1) is 52.5 Å². The number of carboxylic acids is 2. The summed E-state index contributed by atoms with van der Waals surface area (Å²) < 4.78 is 9.75. The second kappa shape index (κ2) is 21.8. The molecule has 0 radical (unpaired) electrons. The average molecular weight is 324 g/mol. The van der Waals surface area contributed by atoms with Crippen LogP contribution in [0.5, 0.6) is 0 Å². The molecule has 0 aliphatic carbocycles. The molecule has 4 N–H and O–H groups in total. The van der Waals surface area contributed by atoms with Gasteiger partial charge < -0.3 is 29.9 Å². The van der Waals surface area contributed by atoms with Gasteiger partial charge in [-0.15, -0.1) is 6.58 Å². The molecule has 0 aromatic rings. The Morgan fingerprint density at radius 1 is 0.818 bits per heavy atom. The summed E-state index contributed by atoms with van der Waals surface area (Å²) in [4.78, 5) is 19.3. The number of aliphatic hydroxyl groups is 2. The van der Waals surface area contributed by atoms with Crippen molar-refractivity contribution in [1.82, 2.24) is 0 Å². The van der Waals surface area contributed by atoms with Crippen LogP contribution in [0.25, 0.3) is 0 Å². The predicted octanol–water partition coefficient (Wildman–Crippen LogP) is 0.522. The Morgan fingerprint density at radius 3 is 1.27 bits per heavy atom. The fourth-order valence-electron chi connectivity index (χ4n) is 0.665. The van der Waals surface area contributed by atoms with Crippen LogP contribution >= 0.6 is 0 Å². The maximum absolute atomic E-state index is 9.64. The monoisotopic (exact) mass is 324 g/mol. The molecular weight excluding hydrogens is 296 g/mol. The SMILES string of the molecule is C=C(C)C.O=C(O)CCC(=O)O.OCCOCCOCCO. The molecule has 132 valence electrons. The summed E-state index contributed by atoms with van der Waals surface area (Å²) in [6.07, 6.45) is -0.593. The van der Waals surface area contributed by atoms with Crippen molar-refractivity contribution >= 4 is 11.9 Å². The van der Waals surface area contributed by atoms with Crippen LogP contribution in [0.15, 0.2) is 12.2 Å². The fraction of sp³-hybridized carbons (Fsp3) is 0.714. The Balaban J connectivity index is -0.000000269. The van der Waals surface area contributed by atoms with E-state index in [4.69, 9.17) is 29.9 Å². The van der Waals surface area contributed by atoms with Crippen LogP contribution in [0, 0.1) is 0 Å². The molecule has 22 heavy (non-hydrogen) atoms. The quantitative estimate of drug-likeness (QED) is 0.337. The smallest absolute Gasteiger partial charge is 0.303 e. The van der Waals surface area contributed by atoms with Crippen molar-refractivity contribution in [3.05, 3.63) is 12.2 Å². The number of rotatable bonds is 10. The van der Waals surface area contributed by atoms with Gasteiger partial charge in [0.2, 0.25) is 0 Å². The molecule has 0 aliphatic rings. The van der Waals surface area contributed by atoms with Gasteiger partial charge in [-0.1, -0.05) is 5.57 Å². The maximum Gasteiger partial charge on any atom is 0.303 e. The second-order valence-electron chi connectivity index (χ2n) is 4.17. The molecule has 0 rings (SSSR count). The molecule has 0 spiro atoms. The lowest BCUT2D eigenvalue weighted by atomic mass is 10.3. The largest absolute Gasteiger partial charge is 0.481 e. The molecule has 0 bridgehead atoms. The molecule has 0 aromatic heterocycles. The molecular formula is C14H28O8. The summed E-state index contributed by atoms with van der Waals surface area (Å²) in [5, 5.41) is 32.3. The summed E-state index contributed by atoms with van der Waals surface area (Å²) in [6, 6.07) is 0. The lowest BCUT2D eigenvalue weighted by Crippen LogP contribution is -2.09. The van der Waals surface area contributed by atoms with E-state index in [-0.39, 0.29) is 26.1 Å². The Labute approximate surface area is 131 Å². The minimum Gasteiger partial charge on any atom is -0.481 e. The third-order valence-electron chi connectivity index (χ3n) is 1.40. The van der Waals surface area contributed by atoms with Crippen LogP contribution in [0.4, 0.5) is 0 Å². The van der Waals surface area contributed by atoms with Gasteiger partial charge in [0.25, 0.3) is 0 Å². The topological polar surface area (TPSA) is 134 Å². The first-order valence-corrected chi connectivity index (χ1v) is 6.70. The van der Waals surface area contributed by atoms with Crippen molar-refractivity contribution in [3.63, 3.8) is 0 Å². The van der Waals surface area contributed by atoms with Crippen molar-refractivity contribution < 1.29 is 39.5 Å². The number of allylic oxidation sites excluding steroid dienone is 1. The standard InChI is InChI=1S/C6H14O4.C4H6O4.C4H8/c7-1-3-9-5-6-10-4-2-8;5-3(6)1-2-4(7)8;1-4(2)3/h7-8H,1-6H2;1-2H2,(H,5,6)(H,7,8);1H2,2-3H3. The van der Waals surface area contributed by atoms with E-state index in [0.717, 1.165) is 0 Å². The molecule has 0 saturated heterocycles. The van der Waals surface area contributed by atoms with Gasteiger partial charge in [-0.2, -0.15) is 0 Å². The molecule has 0 amide bonds. The van der Waals surface area contributed by atoms with E-state index in [1.54, 1.807) is 0 Å². The van der Waals surface area contributed by atoms with Gasteiger partial charge in [0.1, 0.15) is 0 Å². The molecule has 8 heteroatoms. The van der Waals surface area contributed by atoms with Gasteiger partial charge in [-0.05, 0) is 13.8 Å². The van der Waals surface area contributed by atoms with E-state index in [9.17, 15) is 9.59 Å². The van der Waals surface area contributed by atoms with Crippen molar-refractivity contribution in [3.8, 4) is 0 Å². The van der Waals surface area contributed by atoms with Crippen molar-refractivity contribution in [2.24, 2.45) is 0 Å². The summed E-state index contributed by atoms with van der Waals surface area (Å²) >= 11 is 0. The Kier molecular flexibility index (Phi) is 25.3. The average Bonchev–Trinajstić information content (AvgIpc) is 2.41. The molecule has 0 atom stereocenters. The zero-order chi connectivity index (χ0) is 17.8. The van der Waals surface area contributed by atoms with E-state index in [1.807, 2.05) is 13.8 Å². The van der Waals surface area contributed by atoms with E-state index in [2.05, 4.69) is 6.58 Å². The first-order valence-electron chi connectivity index (χ1n) is 6.70. The predicted molar refractivity (Wildman–Crippen MR) is 80.8 cm³/mol. The number of ether oxygens (including phenoxy) is 2. The summed E-state index contributed by atoms with van der Waals surface area (Å²) in [6.45, 7) is 9.23. The summed E-state index contributed by atoms with van der Waals surface area (Å²) in [5.74, 6) is -2.15. The van der Waals surface area contributed by atoms with Crippen molar-refractivity contribution in [2.75, 3.05) is 39.6 Å². The number of carboxylic acid groups (broad SMARTS) is 2. The normalized spacial score (nSPS) is 8.91. The van der Waals surface area contributed by atoms with Gasteiger partial charge in [0.15, 0.2) is 0 Å². The van der Waals surface area contributed by atoms with Gasteiger partial charge >= 0.3 is 11.9 Å². The van der Waals surface area contributed by atoms with E-state index < -0.39 is 11.9 Å². The van der Waals surface area contributed by atoms with Crippen LogP contribution in [0.2, 0.25) is 0 Å². The Bertz CT molecular complexity index is 252. The molecule has 0 fully saturated rings. The molecule has 0 heterocycles. The van der Waals surface area contributed by atoms with Gasteiger partial charge in [0, 0.05) is 0 Å². The third-order valence-corrected chi connectivity index (χ3v) is 1.40. The number of hydrogen-bond donors (Lipinski definition) is 4. The molecule has 0 aromatic carbocycles. The van der Waals surface area contributed by atoms with Crippen molar-refractivity contribution in [1.29, 1.82) is 0 Å². The number of aliphatic carboxylic acids is 2. The fourth-order valence-corrected chi connectivity index (χ4v) is 0.665. The Hall–Kier alpha value is -1.48. The maximum atomic E-state index is 9.64. The van der Waals surface area contributed by atoms with Gasteiger partial charge in [-0.3, -0.25) is 9.59 Å².